The normalized spacial score (nSPS) is 16.3. The maximum atomic E-state index is 14.8. The Kier molecular flexibility index (Phi) is 9.97. The molecule has 0 saturated carbocycles. The van der Waals surface area contributed by atoms with Crippen LogP contribution in [-0.4, -0.2) is 55.5 Å². The van der Waals surface area contributed by atoms with Gasteiger partial charge in [0, 0.05) is 34.8 Å². The van der Waals surface area contributed by atoms with E-state index in [9.17, 15) is 45.5 Å². The molecular weight excluding hydrogens is 768 g/mol. The fourth-order valence-corrected chi connectivity index (χ4v) is 8.11. The lowest BCUT2D eigenvalue weighted by Crippen LogP contribution is -2.40. The lowest BCUT2D eigenvalue weighted by Gasteiger charge is -2.27. The van der Waals surface area contributed by atoms with Crippen molar-refractivity contribution in [3.63, 3.8) is 0 Å². The molecule has 2 aromatic heterocycles. The van der Waals surface area contributed by atoms with Gasteiger partial charge in [0.25, 0.3) is 11.8 Å². The first kappa shape index (κ1) is 40.1. The molecule has 2 N–H and O–H groups in total. The molecule has 6 heterocycles. The van der Waals surface area contributed by atoms with Gasteiger partial charge in [-0.05, 0) is 111 Å². The number of allylic oxidation sites excluding steroid dienone is 4. The van der Waals surface area contributed by atoms with Crippen LogP contribution in [0.25, 0.3) is 33.3 Å². The number of halogens is 6. The van der Waals surface area contributed by atoms with E-state index in [0.29, 0.717) is 74.1 Å². The molecule has 8 bridgehead atoms. The van der Waals surface area contributed by atoms with Crippen molar-refractivity contribution in [3.05, 3.63) is 104 Å². The summed E-state index contributed by atoms with van der Waals surface area (Å²) in [5, 5.41) is 0. The van der Waals surface area contributed by atoms with Crippen LogP contribution in [0.2, 0.25) is 0 Å². The van der Waals surface area contributed by atoms with E-state index in [1.165, 1.54) is 14.0 Å². The largest absolute Gasteiger partial charge is 0.469 e. The topological polar surface area (TPSA) is 138 Å². The van der Waals surface area contributed by atoms with Gasteiger partial charge >= 0.3 is 18.3 Å². The van der Waals surface area contributed by atoms with Gasteiger partial charge < -0.3 is 14.7 Å². The number of H-pyrrole nitrogens is 2. The molecule has 1 atom stereocenters. The Morgan fingerprint density at radius 3 is 2.05 bits per heavy atom. The Bertz CT molecular complexity index is 2580. The van der Waals surface area contributed by atoms with Crippen LogP contribution < -0.4 is 0 Å². The second-order valence-electron chi connectivity index (χ2n) is 14.7. The molecule has 302 valence electrons. The number of ketones is 1. The number of aromatic amines is 2. The average Bonchev–Trinajstić information content (AvgIpc) is 3.86. The Morgan fingerprint density at radius 2 is 1.45 bits per heavy atom. The van der Waals surface area contributed by atoms with E-state index in [2.05, 4.69) is 9.97 Å². The highest BCUT2D eigenvalue weighted by atomic mass is 19.4. The third-order valence-electron chi connectivity index (χ3n) is 11.0. The fraction of sp³-hybridized carbons (Fsp3) is 0.333. The molecule has 0 saturated heterocycles. The predicted octanol–water partition coefficient (Wildman–Crippen LogP) is 9.32. The number of carbonyl (C=O) groups excluding carboxylic acids is 4. The highest BCUT2D eigenvalue weighted by molar-refractivity contribution is 6.27. The zero-order valence-electron chi connectivity index (χ0n) is 32.2. The first-order valence-electron chi connectivity index (χ1n) is 18.4. The van der Waals surface area contributed by atoms with Crippen LogP contribution in [0, 0.1) is 6.92 Å². The first-order chi connectivity index (χ1) is 27.2. The number of hydrogen-bond acceptors (Lipinski definition) is 7. The molecule has 4 aliphatic rings. The molecule has 0 spiro atoms. The number of rotatable bonds is 7. The number of aryl methyl sites for hydroxylation is 1. The standard InChI is InChI=1S/C42H37F6N5O5/c1-7-27-18(2)29-16-32-34(21(5)54)19(3)28(51-32)14-26-12-23(8-9-33(55)58-6)37(49-26)36-38-35(20(4)30(52-38)15-31(27)50-29)39(56)53(40(36)57)17-22-10-24(41(43,44)45)13-25(11-22)42(46,47)48/h10-11,13-16,23,49,52H,7-9,12,17H2,1-6H3/t23-/m0/s1. The maximum Gasteiger partial charge on any atom is 0.416 e. The number of amides is 2. The van der Waals surface area contributed by atoms with Crippen molar-refractivity contribution < 1.29 is 50.3 Å². The third-order valence-corrected chi connectivity index (χ3v) is 11.0. The summed E-state index contributed by atoms with van der Waals surface area (Å²) in [6.45, 7) is 7.72. The van der Waals surface area contributed by atoms with Gasteiger partial charge in [0.1, 0.15) is 0 Å². The summed E-state index contributed by atoms with van der Waals surface area (Å²) >= 11 is 0. The molecule has 2 amide bonds. The van der Waals surface area contributed by atoms with E-state index in [4.69, 9.17) is 14.7 Å². The number of imide groups is 1. The van der Waals surface area contributed by atoms with Gasteiger partial charge in [0.05, 0.1) is 64.2 Å². The zero-order chi connectivity index (χ0) is 42.2. The minimum atomic E-state index is -5.16. The molecule has 0 unspecified atom stereocenters. The van der Waals surface area contributed by atoms with Crippen LogP contribution in [0.4, 0.5) is 26.3 Å². The van der Waals surface area contributed by atoms with Crippen LogP contribution >= 0.6 is 0 Å². The van der Waals surface area contributed by atoms with E-state index < -0.39 is 59.3 Å². The molecule has 10 nitrogen and oxygen atoms in total. The lowest BCUT2D eigenvalue weighted by atomic mass is 9.90. The third kappa shape index (κ3) is 6.98. The van der Waals surface area contributed by atoms with Crippen LogP contribution in [-0.2, 0) is 39.6 Å². The van der Waals surface area contributed by atoms with Gasteiger partial charge in [-0.2, -0.15) is 26.3 Å². The minimum Gasteiger partial charge on any atom is -0.469 e. The Labute approximate surface area is 327 Å². The number of alkyl halides is 6. The van der Waals surface area contributed by atoms with E-state index in [1.54, 1.807) is 32.0 Å². The molecular formula is C42H37F6N5O5. The number of nitrogens with one attached hydrogen (secondary N) is 2. The number of esters is 1. The second-order valence-corrected chi connectivity index (χ2v) is 14.7. The van der Waals surface area contributed by atoms with Crippen molar-refractivity contribution in [2.45, 2.75) is 85.1 Å². The van der Waals surface area contributed by atoms with E-state index in [0.717, 1.165) is 11.1 Å². The minimum absolute atomic E-state index is 0.0105. The molecule has 0 aliphatic carbocycles. The number of nitrogens with zero attached hydrogens (tertiary/aromatic N) is 3. The molecule has 16 heteroatoms. The monoisotopic (exact) mass is 805 g/mol. The summed E-state index contributed by atoms with van der Waals surface area (Å²) < 4.78 is 88.3. The van der Waals surface area contributed by atoms with Crippen molar-refractivity contribution >= 4 is 56.9 Å². The summed E-state index contributed by atoms with van der Waals surface area (Å²) in [5.74, 6) is -3.26. The summed E-state index contributed by atoms with van der Waals surface area (Å²) in [6.07, 6.45) is -9.48. The van der Waals surface area contributed by atoms with Crippen LogP contribution in [0.15, 0.2) is 36.4 Å². The van der Waals surface area contributed by atoms with E-state index in [-0.39, 0.29) is 53.4 Å². The summed E-state index contributed by atoms with van der Waals surface area (Å²) in [4.78, 5) is 71.5. The highest BCUT2D eigenvalue weighted by Gasteiger charge is 2.41. The highest BCUT2D eigenvalue weighted by Crippen LogP contribution is 2.42. The van der Waals surface area contributed by atoms with Gasteiger partial charge in [-0.3, -0.25) is 24.1 Å². The molecule has 58 heavy (non-hydrogen) atoms. The van der Waals surface area contributed by atoms with Crippen LogP contribution in [0.1, 0.15) is 130 Å². The number of carbonyl (C=O) groups is 4. The number of aromatic nitrogens is 4. The Hall–Kier alpha value is -6.06. The maximum absolute atomic E-state index is 14.8. The number of hydrogen-bond donors (Lipinski definition) is 2. The Morgan fingerprint density at radius 1 is 0.828 bits per heavy atom. The van der Waals surface area contributed by atoms with E-state index in [1.807, 2.05) is 13.8 Å². The second kappa shape index (κ2) is 14.4. The predicted molar refractivity (Wildman–Crippen MR) is 201 cm³/mol. The molecule has 7 rings (SSSR count). The van der Waals surface area contributed by atoms with Crippen molar-refractivity contribution in [1.82, 2.24) is 24.8 Å². The van der Waals surface area contributed by atoms with Crippen LogP contribution in [0.5, 0.6) is 0 Å². The zero-order valence-corrected chi connectivity index (χ0v) is 32.2. The number of methoxy groups -OCH3 is 1. The number of benzene rings is 1. The number of Topliss-reactive ketones (excluding diaryl/α,β-unsaturated/α-hetero) is 1. The number of fused-ring (bicyclic) bond motifs is 8. The average molecular weight is 806 g/mol. The van der Waals surface area contributed by atoms with Crippen molar-refractivity contribution in [2.75, 3.05) is 7.11 Å². The molecule has 4 aliphatic heterocycles. The quantitative estimate of drug-likeness (QED) is 0.138. The summed E-state index contributed by atoms with van der Waals surface area (Å²) in [7, 11) is 1.23. The Balaban J connectivity index is 1.55. The molecule has 3 aromatic rings. The first-order valence-corrected chi connectivity index (χ1v) is 18.4. The van der Waals surface area contributed by atoms with Gasteiger partial charge in [-0.15, -0.1) is 0 Å². The number of ether oxygens (including phenoxy) is 1. The smallest absolute Gasteiger partial charge is 0.416 e. The van der Waals surface area contributed by atoms with Gasteiger partial charge in [0.15, 0.2) is 5.78 Å². The SMILES string of the molecule is CCC1=C(C)c2cc3nc(cc4[nH]c(c5c6[nH]c(cc1n2)c(C)c6C(=O)N(Cc1cc(C(F)(F)F)cc(C(F)(F)F)c1)C5=O)[C@@H](CCC(=O)OC)C4)C(C)=C3C(C)=O. The van der Waals surface area contributed by atoms with E-state index >= 15 is 0 Å². The molecule has 0 radical (unpaired) electrons. The molecule has 0 fully saturated rings. The van der Waals surface area contributed by atoms with Gasteiger partial charge in [-0.1, -0.05) is 6.92 Å². The van der Waals surface area contributed by atoms with Crippen molar-refractivity contribution in [1.29, 1.82) is 0 Å². The van der Waals surface area contributed by atoms with Crippen LogP contribution in [0.3, 0.4) is 0 Å². The summed E-state index contributed by atoms with van der Waals surface area (Å²) in [6, 6.07) is 6.12. The lowest BCUT2D eigenvalue weighted by molar-refractivity contribution is -0.143. The van der Waals surface area contributed by atoms with Gasteiger partial charge in [-0.25, -0.2) is 9.97 Å². The van der Waals surface area contributed by atoms with Crippen molar-refractivity contribution in [3.8, 4) is 0 Å². The summed E-state index contributed by atoms with van der Waals surface area (Å²) in [5.41, 5.74) is 2.39. The fourth-order valence-electron chi connectivity index (χ4n) is 8.11. The van der Waals surface area contributed by atoms with Crippen molar-refractivity contribution in [2.24, 2.45) is 0 Å². The molecule has 1 aromatic carbocycles. The van der Waals surface area contributed by atoms with Gasteiger partial charge in [0.2, 0.25) is 0 Å².